The number of carbonyl (C=O) groups is 2. The number of carboxylic acids is 1. The Labute approximate surface area is 101 Å². The predicted molar refractivity (Wildman–Crippen MR) is 62.6 cm³/mol. The van der Waals surface area contributed by atoms with Crippen LogP contribution in [0.4, 0.5) is 0 Å². The number of hydrogen-bond donors (Lipinski definition) is 1. The SMILES string of the molecule is CN(C(=O)CN1CCC(CC(=O)O)C1)C1CC1. The summed E-state index contributed by atoms with van der Waals surface area (Å²) in [6.07, 6.45) is 3.38. The number of likely N-dealkylation sites (tertiary alicyclic amines) is 1. The van der Waals surface area contributed by atoms with Gasteiger partial charge in [-0.1, -0.05) is 0 Å². The predicted octanol–water partition coefficient (Wildman–Crippen LogP) is 0.404. The van der Waals surface area contributed by atoms with Gasteiger partial charge in [0.1, 0.15) is 0 Å². The minimum absolute atomic E-state index is 0.170. The lowest BCUT2D eigenvalue weighted by atomic mass is 10.1. The molecule has 2 rings (SSSR count). The average molecular weight is 240 g/mol. The van der Waals surface area contributed by atoms with E-state index in [2.05, 4.69) is 4.90 Å². The fraction of sp³-hybridized carbons (Fsp3) is 0.833. The second-order valence-electron chi connectivity index (χ2n) is 5.22. The lowest BCUT2D eigenvalue weighted by molar-refractivity contribution is -0.138. The third-order valence-electron chi connectivity index (χ3n) is 3.68. The summed E-state index contributed by atoms with van der Waals surface area (Å²) in [5.74, 6) is -0.353. The number of amides is 1. The van der Waals surface area contributed by atoms with Crippen LogP contribution in [0.3, 0.4) is 0 Å². The molecule has 5 nitrogen and oxygen atoms in total. The van der Waals surface area contributed by atoms with Crippen LogP contribution < -0.4 is 0 Å². The van der Waals surface area contributed by atoms with Crippen LogP contribution in [-0.4, -0.2) is 59.5 Å². The van der Waals surface area contributed by atoms with Gasteiger partial charge in [-0.05, 0) is 31.7 Å². The molecule has 1 N–H and O–H groups in total. The molecule has 1 saturated heterocycles. The van der Waals surface area contributed by atoms with Crippen molar-refractivity contribution in [3.63, 3.8) is 0 Å². The molecule has 96 valence electrons. The molecule has 1 aliphatic carbocycles. The van der Waals surface area contributed by atoms with Gasteiger partial charge in [-0.3, -0.25) is 14.5 Å². The van der Waals surface area contributed by atoms with Gasteiger partial charge in [0.2, 0.25) is 5.91 Å². The third-order valence-corrected chi connectivity index (χ3v) is 3.68. The molecule has 0 aromatic carbocycles. The van der Waals surface area contributed by atoms with Crippen molar-refractivity contribution in [2.45, 2.75) is 31.7 Å². The zero-order valence-electron chi connectivity index (χ0n) is 10.3. The Balaban J connectivity index is 1.73. The first-order chi connectivity index (χ1) is 8.06. The van der Waals surface area contributed by atoms with E-state index in [9.17, 15) is 9.59 Å². The van der Waals surface area contributed by atoms with E-state index in [1.165, 1.54) is 0 Å². The summed E-state index contributed by atoms with van der Waals surface area (Å²) in [5.41, 5.74) is 0. The number of carboxylic acid groups (broad SMARTS) is 1. The molecule has 1 amide bonds. The van der Waals surface area contributed by atoms with Crippen molar-refractivity contribution in [1.29, 1.82) is 0 Å². The Morgan fingerprint density at radius 1 is 1.35 bits per heavy atom. The molecule has 17 heavy (non-hydrogen) atoms. The van der Waals surface area contributed by atoms with Crippen LogP contribution in [0.25, 0.3) is 0 Å². The Morgan fingerprint density at radius 2 is 2.06 bits per heavy atom. The highest BCUT2D eigenvalue weighted by Crippen LogP contribution is 2.26. The molecule has 2 fully saturated rings. The van der Waals surface area contributed by atoms with E-state index in [0.717, 1.165) is 32.4 Å². The Bertz CT molecular complexity index is 315. The lowest BCUT2D eigenvalue weighted by Gasteiger charge is -2.21. The molecule has 2 aliphatic rings. The van der Waals surface area contributed by atoms with Crippen LogP contribution in [-0.2, 0) is 9.59 Å². The van der Waals surface area contributed by atoms with Gasteiger partial charge in [-0.2, -0.15) is 0 Å². The monoisotopic (exact) mass is 240 g/mol. The van der Waals surface area contributed by atoms with Crippen molar-refractivity contribution in [3.8, 4) is 0 Å². The summed E-state index contributed by atoms with van der Waals surface area (Å²) >= 11 is 0. The van der Waals surface area contributed by atoms with E-state index in [1.807, 2.05) is 11.9 Å². The molecule has 1 unspecified atom stereocenters. The van der Waals surface area contributed by atoms with Crippen molar-refractivity contribution >= 4 is 11.9 Å². The van der Waals surface area contributed by atoms with Gasteiger partial charge in [-0.15, -0.1) is 0 Å². The lowest BCUT2D eigenvalue weighted by Crippen LogP contribution is -2.38. The molecule has 1 aliphatic heterocycles. The van der Waals surface area contributed by atoms with Crippen LogP contribution in [0.1, 0.15) is 25.7 Å². The maximum atomic E-state index is 11.9. The molecule has 5 heteroatoms. The second kappa shape index (κ2) is 5.04. The Morgan fingerprint density at radius 3 is 2.65 bits per heavy atom. The van der Waals surface area contributed by atoms with E-state index in [1.54, 1.807) is 0 Å². The molecule has 0 radical (unpaired) electrons. The summed E-state index contributed by atoms with van der Waals surface area (Å²) in [6.45, 7) is 2.04. The Hall–Kier alpha value is -1.10. The molecule has 0 spiro atoms. The summed E-state index contributed by atoms with van der Waals surface area (Å²) in [5, 5.41) is 8.72. The molecule has 1 saturated carbocycles. The zero-order valence-corrected chi connectivity index (χ0v) is 10.3. The summed E-state index contributed by atoms with van der Waals surface area (Å²) in [6, 6.07) is 0.458. The van der Waals surface area contributed by atoms with Crippen molar-refractivity contribution in [2.24, 2.45) is 5.92 Å². The first-order valence-electron chi connectivity index (χ1n) is 6.26. The third kappa shape index (κ3) is 3.43. The van der Waals surface area contributed by atoms with Gasteiger partial charge in [0.05, 0.1) is 6.54 Å². The number of nitrogens with zero attached hydrogens (tertiary/aromatic N) is 2. The van der Waals surface area contributed by atoms with Crippen LogP contribution in [0.15, 0.2) is 0 Å². The van der Waals surface area contributed by atoms with E-state index in [4.69, 9.17) is 5.11 Å². The minimum Gasteiger partial charge on any atom is -0.481 e. The largest absolute Gasteiger partial charge is 0.481 e. The van der Waals surface area contributed by atoms with E-state index < -0.39 is 5.97 Å². The fourth-order valence-corrected chi connectivity index (χ4v) is 2.44. The maximum absolute atomic E-state index is 11.9. The molecular formula is C12H20N2O3. The number of likely N-dealkylation sites (N-methyl/N-ethyl adjacent to an activating group) is 1. The quantitative estimate of drug-likeness (QED) is 0.756. The van der Waals surface area contributed by atoms with Crippen molar-refractivity contribution in [3.05, 3.63) is 0 Å². The van der Waals surface area contributed by atoms with Crippen LogP contribution in [0.2, 0.25) is 0 Å². The minimum atomic E-state index is -0.738. The van der Waals surface area contributed by atoms with Crippen LogP contribution >= 0.6 is 0 Å². The van der Waals surface area contributed by atoms with Gasteiger partial charge >= 0.3 is 5.97 Å². The molecule has 1 heterocycles. The summed E-state index contributed by atoms with van der Waals surface area (Å²) in [4.78, 5) is 26.4. The van der Waals surface area contributed by atoms with Crippen molar-refractivity contribution in [1.82, 2.24) is 9.80 Å². The summed E-state index contributed by atoms with van der Waals surface area (Å²) < 4.78 is 0. The highest BCUT2D eigenvalue weighted by atomic mass is 16.4. The van der Waals surface area contributed by atoms with E-state index in [0.29, 0.717) is 12.6 Å². The number of aliphatic carboxylic acids is 1. The first kappa shape index (κ1) is 12.4. The molecule has 0 aromatic rings. The van der Waals surface area contributed by atoms with Crippen molar-refractivity contribution < 1.29 is 14.7 Å². The highest BCUT2D eigenvalue weighted by molar-refractivity contribution is 5.78. The van der Waals surface area contributed by atoms with Crippen LogP contribution in [0, 0.1) is 5.92 Å². The summed E-state index contributed by atoms with van der Waals surface area (Å²) in [7, 11) is 1.87. The van der Waals surface area contributed by atoms with Gasteiger partial charge in [0, 0.05) is 26.1 Å². The van der Waals surface area contributed by atoms with E-state index in [-0.39, 0.29) is 18.2 Å². The van der Waals surface area contributed by atoms with E-state index >= 15 is 0 Å². The normalized spacial score (nSPS) is 24.9. The second-order valence-corrected chi connectivity index (χ2v) is 5.22. The molecule has 0 bridgehead atoms. The van der Waals surface area contributed by atoms with Crippen molar-refractivity contribution in [2.75, 3.05) is 26.7 Å². The van der Waals surface area contributed by atoms with Gasteiger partial charge in [0.15, 0.2) is 0 Å². The topological polar surface area (TPSA) is 60.9 Å². The Kier molecular flexibility index (Phi) is 3.66. The number of rotatable bonds is 5. The van der Waals surface area contributed by atoms with Gasteiger partial charge < -0.3 is 10.0 Å². The average Bonchev–Trinajstić information content (AvgIpc) is 3.01. The van der Waals surface area contributed by atoms with Crippen LogP contribution in [0.5, 0.6) is 0 Å². The first-order valence-corrected chi connectivity index (χ1v) is 6.26. The highest BCUT2D eigenvalue weighted by Gasteiger charge is 2.32. The molecular weight excluding hydrogens is 220 g/mol. The number of carbonyl (C=O) groups excluding carboxylic acids is 1. The molecule has 0 aromatic heterocycles. The standard InChI is InChI=1S/C12H20N2O3/c1-13(10-2-3-10)11(15)8-14-5-4-9(7-14)6-12(16)17/h9-10H,2-8H2,1H3,(H,16,17). The zero-order chi connectivity index (χ0) is 12.4. The van der Waals surface area contributed by atoms with Gasteiger partial charge in [0.25, 0.3) is 0 Å². The fourth-order valence-electron chi connectivity index (χ4n) is 2.44. The maximum Gasteiger partial charge on any atom is 0.303 e. The molecule has 1 atom stereocenters. The smallest absolute Gasteiger partial charge is 0.303 e. The van der Waals surface area contributed by atoms with Gasteiger partial charge in [-0.25, -0.2) is 0 Å². The number of hydrogen-bond acceptors (Lipinski definition) is 3.